The van der Waals surface area contributed by atoms with Gasteiger partial charge in [-0.1, -0.05) is 24.4 Å². The summed E-state index contributed by atoms with van der Waals surface area (Å²) in [5.41, 5.74) is 0.142. The van der Waals surface area contributed by atoms with Gasteiger partial charge in [0.15, 0.2) is 0 Å². The molecule has 1 amide bonds. The van der Waals surface area contributed by atoms with Gasteiger partial charge in [0.25, 0.3) is 5.91 Å². The number of pyridine rings is 1. The first-order valence-electron chi connectivity index (χ1n) is 7.01. The fourth-order valence-electron chi connectivity index (χ4n) is 2.82. The van der Waals surface area contributed by atoms with E-state index in [1.54, 1.807) is 19.9 Å². The first kappa shape index (κ1) is 15.8. The van der Waals surface area contributed by atoms with Crippen LogP contribution >= 0.6 is 11.6 Å². The van der Waals surface area contributed by atoms with E-state index < -0.39 is 11.4 Å². The van der Waals surface area contributed by atoms with E-state index in [1.165, 1.54) is 6.07 Å². The zero-order valence-corrected chi connectivity index (χ0v) is 12.9. The number of nitrogens with zero attached hydrogens (tertiary/aromatic N) is 1. The Morgan fingerprint density at radius 3 is 2.76 bits per heavy atom. The maximum Gasteiger partial charge on any atom is 0.311 e. The predicted molar refractivity (Wildman–Crippen MR) is 79.4 cm³/mol. The number of carbonyl (C=O) groups excluding carboxylic acids is 1. The van der Waals surface area contributed by atoms with Gasteiger partial charge in [0.1, 0.15) is 5.15 Å². The average molecular weight is 311 g/mol. The molecule has 0 aromatic carbocycles. The Morgan fingerprint density at radius 1 is 1.43 bits per heavy atom. The number of carbonyl (C=O) groups is 2. The Hall–Kier alpha value is -1.62. The van der Waals surface area contributed by atoms with Crippen LogP contribution in [0.4, 0.5) is 0 Å². The molecule has 1 aromatic rings. The third kappa shape index (κ3) is 3.35. The topological polar surface area (TPSA) is 79.3 Å². The molecule has 1 aliphatic rings. The van der Waals surface area contributed by atoms with Crippen LogP contribution in [-0.4, -0.2) is 28.0 Å². The minimum atomic E-state index is -0.917. The van der Waals surface area contributed by atoms with Crippen LogP contribution in [0.5, 0.6) is 0 Å². The number of aliphatic carboxylic acids is 1. The SMILES string of the molecule is Cc1cc(C(=O)NC2CCCCC2(C)C(=O)O)cc(Cl)n1. The van der Waals surface area contributed by atoms with Gasteiger partial charge < -0.3 is 10.4 Å². The maximum absolute atomic E-state index is 12.3. The highest BCUT2D eigenvalue weighted by molar-refractivity contribution is 6.29. The van der Waals surface area contributed by atoms with Crippen molar-refractivity contribution in [1.29, 1.82) is 0 Å². The van der Waals surface area contributed by atoms with Crippen LogP contribution in [0.25, 0.3) is 0 Å². The van der Waals surface area contributed by atoms with Crippen LogP contribution in [0.2, 0.25) is 5.15 Å². The first-order chi connectivity index (χ1) is 9.83. The highest BCUT2D eigenvalue weighted by Gasteiger charge is 2.43. The number of hydrogen-bond donors (Lipinski definition) is 2. The summed E-state index contributed by atoms with van der Waals surface area (Å²) < 4.78 is 0. The number of nitrogens with one attached hydrogen (secondary N) is 1. The number of amides is 1. The summed E-state index contributed by atoms with van der Waals surface area (Å²) in [6.45, 7) is 3.45. The van der Waals surface area contributed by atoms with Crippen LogP contribution in [-0.2, 0) is 4.79 Å². The van der Waals surface area contributed by atoms with Gasteiger partial charge in [0, 0.05) is 17.3 Å². The summed E-state index contributed by atoms with van der Waals surface area (Å²) in [5.74, 6) is -1.17. The van der Waals surface area contributed by atoms with Crippen molar-refractivity contribution < 1.29 is 14.7 Å². The van der Waals surface area contributed by atoms with Crippen molar-refractivity contribution in [3.05, 3.63) is 28.5 Å². The lowest BCUT2D eigenvalue weighted by atomic mass is 9.71. The second-order valence-electron chi connectivity index (χ2n) is 5.81. The molecule has 2 unspecified atom stereocenters. The third-order valence-corrected chi connectivity index (χ3v) is 4.38. The molecule has 1 heterocycles. The largest absolute Gasteiger partial charge is 0.481 e. The van der Waals surface area contributed by atoms with Gasteiger partial charge in [-0.2, -0.15) is 0 Å². The second-order valence-corrected chi connectivity index (χ2v) is 6.20. The van der Waals surface area contributed by atoms with Gasteiger partial charge in [0.05, 0.1) is 5.41 Å². The van der Waals surface area contributed by atoms with Crippen LogP contribution < -0.4 is 5.32 Å². The number of aryl methyl sites for hydroxylation is 1. The molecule has 2 rings (SSSR count). The van der Waals surface area contributed by atoms with Crippen molar-refractivity contribution >= 4 is 23.5 Å². The molecule has 21 heavy (non-hydrogen) atoms. The van der Waals surface area contributed by atoms with Gasteiger partial charge >= 0.3 is 5.97 Å². The molecular weight excluding hydrogens is 292 g/mol. The maximum atomic E-state index is 12.3. The molecule has 2 N–H and O–H groups in total. The normalized spacial score (nSPS) is 25.4. The molecule has 0 aliphatic heterocycles. The number of aromatic nitrogens is 1. The summed E-state index contributed by atoms with van der Waals surface area (Å²) in [7, 11) is 0. The van der Waals surface area contributed by atoms with E-state index in [0.717, 1.165) is 12.8 Å². The quantitative estimate of drug-likeness (QED) is 0.841. The van der Waals surface area contributed by atoms with Gasteiger partial charge in [0.2, 0.25) is 0 Å². The molecule has 0 saturated heterocycles. The molecule has 6 heteroatoms. The Labute approximate surface area is 128 Å². The molecule has 1 saturated carbocycles. The number of rotatable bonds is 3. The van der Waals surface area contributed by atoms with Gasteiger partial charge in [-0.25, -0.2) is 4.98 Å². The highest BCUT2D eigenvalue weighted by atomic mass is 35.5. The fraction of sp³-hybridized carbons (Fsp3) is 0.533. The first-order valence-corrected chi connectivity index (χ1v) is 7.39. The summed E-state index contributed by atoms with van der Waals surface area (Å²) in [6.07, 6.45) is 3.04. The van der Waals surface area contributed by atoms with Crippen molar-refractivity contribution in [3.8, 4) is 0 Å². The van der Waals surface area contributed by atoms with Crippen molar-refractivity contribution in [2.45, 2.75) is 45.6 Å². The van der Waals surface area contributed by atoms with Crippen molar-refractivity contribution in [2.75, 3.05) is 0 Å². The predicted octanol–water partition coefficient (Wildman–Crippen LogP) is 2.81. The molecule has 114 valence electrons. The molecule has 0 radical (unpaired) electrons. The van der Waals surface area contributed by atoms with E-state index in [-0.39, 0.29) is 17.1 Å². The molecule has 5 nitrogen and oxygen atoms in total. The lowest BCUT2D eigenvalue weighted by molar-refractivity contribution is -0.151. The monoisotopic (exact) mass is 310 g/mol. The molecule has 1 fully saturated rings. The second kappa shape index (κ2) is 6.02. The summed E-state index contributed by atoms with van der Waals surface area (Å²) in [5, 5.41) is 12.6. The van der Waals surface area contributed by atoms with Crippen molar-refractivity contribution in [2.24, 2.45) is 5.41 Å². The summed E-state index contributed by atoms with van der Waals surface area (Å²) >= 11 is 5.86. The Morgan fingerprint density at radius 2 is 2.14 bits per heavy atom. The van der Waals surface area contributed by atoms with E-state index >= 15 is 0 Å². The number of halogens is 1. The van der Waals surface area contributed by atoms with Crippen molar-refractivity contribution in [1.82, 2.24) is 10.3 Å². The van der Waals surface area contributed by atoms with Crippen LogP contribution in [0.1, 0.15) is 48.7 Å². The Balaban J connectivity index is 2.19. The molecular formula is C15H19ClN2O3. The Bertz CT molecular complexity index is 556. The molecule has 2 atom stereocenters. The third-order valence-electron chi connectivity index (χ3n) is 4.19. The van der Waals surface area contributed by atoms with E-state index in [9.17, 15) is 14.7 Å². The molecule has 1 aromatic heterocycles. The van der Waals surface area contributed by atoms with E-state index in [0.29, 0.717) is 24.1 Å². The Kier molecular flexibility index (Phi) is 4.52. The summed E-state index contributed by atoms with van der Waals surface area (Å²) in [4.78, 5) is 27.9. The molecule has 0 bridgehead atoms. The zero-order valence-electron chi connectivity index (χ0n) is 12.1. The smallest absolute Gasteiger partial charge is 0.311 e. The van der Waals surface area contributed by atoms with Crippen LogP contribution in [0.15, 0.2) is 12.1 Å². The van der Waals surface area contributed by atoms with Gasteiger partial charge in [-0.05, 0) is 38.8 Å². The minimum absolute atomic E-state index is 0.254. The van der Waals surface area contributed by atoms with Crippen LogP contribution in [0.3, 0.4) is 0 Å². The van der Waals surface area contributed by atoms with Crippen molar-refractivity contribution in [3.63, 3.8) is 0 Å². The molecule has 0 spiro atoms. The van der Waals surface area contributed by atoms with Crippen LogP contribution in [0, 0.1) is 12.3 Å². The number of carboxylic acid groups (broad SMARTS) is 1. The lowest BCUT2D eigenvalue weighted by Gasteiger charge is -2.38. The number of hydrogen-bond acceptors (Lipinski definition) is 3. The number of carboxylic acids is 1. The fourth-order valence-corrected chi connectivity index (χ4v) is 3.07. The molecule has 1 aliphatic carbocycles. The van der Waals surface area contributed by atoms with E-state index in [1.807, 2.05) is 0 Å². The average Bonchev–Trinajstić information content (AvgIpc) is 2.40. The van der Waals surface area contributed by atoms with Gasteiger partial charge in [-0.15, -0.1) is 0 Å². The van der Waals surface area contributed by atoms with Gasteiger partial charge in [-0.3, -0.25) is 9.59 Å². The van der Waals surface area contributed by atoms with E-state index in [4.69, 9.17) is 11.6 Å². The zero-order chi connectivity index (χ0) is 15.6. The highest BCUT2D eigenvalue weighted by Crippen LogP contribution is 2.36. The van der Waals surface area contributed by atoms with E-state index in [2.05, 4.69) is 10.3 Å². The summed E-state index contributed by atoms with van der Waals surface area (Å²) in [6, 6.07) is 2.76. The standard InChI is InChI=1S/C15H19ClN2O3/c1-9-7-10(8-12(16)17-9)13(19)18-11-5-3-4-6-15(11,2)14(20)21/h7-8,11H,3-6H2,1-2H3,(H,18,19)(H,20,21). The lowest BCUT2D eigenvalue weighted by Crippen LogP contribution is -2.52. The minimum Gasteiger partial charge on any atom is -0.481 e.